The van der Waals surface area contributed by atoms with Crippen LogP contribution in [-0.2, 0) is 6.54 Å². The van der Waals surface area contributed by atoms with Crippen molar-refractivity contribution < 1.29 is 5.11 Å². The van der Waals surface area contributed by atoms with Gasteiger partial charge in [0, 0.05) is 18.2 Å². The Morgan fingerprint density at radius 2 is 2.00 bits per heavy atom. The van der Waals surface area contributed by atoms with E-state index < -0.39 is 0 Å². The van der Waals surface area contributed by atoms with Gasteiger partial charge in [-0.15, -0.1) is 0 Å². The largest absolute Gasteiger partial charge is 0.508 e. The van der Waals surface area contributed by atoms with Crippen molar-refractivity contribution in [1.29, 1.82) is 0 Å². The number of rotatable bonds is 5. The highest BCUT2D eigenvalue weighted by molar-refractivity contribution is 5.31. The molecular weight excluding hydrogens is 234 g/mol. The van der Waals surface area contributed by atoms with Gasteiger partial charge in [0.15, 0.2) is 0 Å². The molecule has 0 bridgehead atoms. The number of hydrogen-bond donors (Lipinski definition) is 2. The molecule has 2 N–H and O–H groups in total. The second-order valence-electron chi connectivity index (χ2n) is 5.87. The van der Waals surface area contributed by atoms with Crippen LogP contribution >= 0.6 is 0 Å². The smallest absolute Gasteiger partial charge is 0.120 e. The van der Waals surface area contributed by atoms with Gasteiger partial charge in [-0.2, -0.15) is 0 Å². The monoisotopic (exact) mass is 261 g/mol. The van der Waals surface area contributed by atoms with Gasteiger partial charge in [0.2, 0.25) is 0 Å². The Morgan fingerprint density at radius 3 is 2.79 bits per heavy atom. The fraction of sp³-hybridized carbons (Fsp3) is 0.647. The summed E-state index contributed by atoms with van der Waals surface area (Å²) < 4.78 is 0. The third kappa shape index (κ3) is 4.54. The molecule has 0 spiro atoms. The molecule has 1 aliphatic rings. The summed E-state index contributed by atoms with van der Waals surface area (Å²) >= 11 is 0. The number of hydrogen-bond acceptors (Lipinski definition) is 2. The molecule has 0 aliphatic heterocycles. The zero-order chi connectivity index (χ0) is 13.5. The summed E-state index contributed by atoms with van der Waals surface area (Å²) in [6.45, 7) is 3.08. The molecule has 2 unspecified atom stereocenters. The van der Waals surface area contributed by atoms with E-state index in [4.69, 9.17) is 0 Å². The van der Waals surface area contributed by atoms with E-state index in [1.54, 1.807) is 6.07 Å². The zero-order valence-corrected chi connectivity index (χ0v) is 12.1. The predicted octanol–water partition coefficient (Wildman–Crippen LogP) is 4.23. The Morgan fingerprint density at radius 1 is 1.16 bits per heavy atom. The normalized spacial score (nSPS) is 24.1. The van der Waals surface area contributed by atoms with Crippen molar-refractivity contribution in [3.63, 3.8) is 0 Å². The summed E-state index contributed by atoms with van der Waals surface area (Å²) in [6, 6.07) is 8.25. The first-order chi connectivity index (χ1) is 9.29. The molecule has 1 aliphatic carbocycles. The van der Waals surface area contributed by atoms with Crippen LogP contribution in [0.4, 0.5) is 0 Å². The summed E-state index contributed by atoms with van der Waals surface area (Å²) in [5.74, 6) is 1.36. The van der Waals surface area contributed by atoms with Gasteiger partial charge in [-0.05, 0) is 31.2 Å². The summed E-state index contributed by atoms with van der Waals surface area (Å²) in [5.41, 5.74) is 1.01. The van der Waals surface area contributed by atoms with E-state index in [0.29, 0.717) is 11.8 Å². The average molecular weight is 261 g/mol. The van der Waals surface area contributed by atoms with Gasteiger partial charge in [0.25, 0.3) is 0 Å². The highest BCUT2D eigenvalue weighted by Gasteiger charge is 2.18. The van der Waals surface area contributed by atoms with Gasteiger partial charge in [0.1, 0.15) is 5.75 Å². The molecule has 2 atom stereocenters. The van der Waals surface area contributed by atoms with Crippen LogP contribution in [0.2, 0.25) is 0 Å². The van der Waals surface area contributed by atoms with Crippen molar-refractivity contribution in [2.45, 2.75) is 64.5 Å². The van der Waals surface area contributed by atoms with Gasteiger partial charge in [-0.3, -0.25) is 0 Å². The van der Waals surface area contributed by atoms with Crippen LogP contribution in [0.1, 0.15) is 57.4 Å². The minimum absolute atomic E-state index is 0.410. The topological polar surface area (TPSA) is 32.3 Å². The minimum atomic E-state index is 0.410. The molecule has 106 valence electrons. The average Bonchev–Trinajstić information content (AvgIpc) is 2.64. The number of phenolic OH excluding ortho intramolecular Hbond substituents is 1. The molecular formula is C17H27NO. The molecule has 0 amide bonds. The Hall–Kier alpha value is -1.02. The molecule has 2 heteroatoms. The lowest BCUT2D eigenvalue weighted by atomic mass is 9.95. The Kier molecular flexibility index (Phi) is 5.71. The van der Waals surface area contributed by atoms with Crippen molar-refractivity contribution in [3.05, 3.63) is 29.8 Å². The number of nitrogens with one attached hydrogen (secondary N) is 1. The summed E-state index contributed by atoms with van der Waals surface area (Å²) in [7, 11) is 0. The summed E-state index contributed by atoms with van der Waals surface area (Å²) in [5, 5.41) is 13.4. The molecule has 2 rings (SSSR count). The Balaban J connectivity index is 1.79. The fourth-order valence-electron chi connectivity index (χ4n) is 3.19. The Bertz CT molecular complexity index is 377. The highest BCUT2D eigenvalue weighted by Crippen LogP contribution is 2.27. The van der Waals surface area contributed by atoms with Gasteiger partial charge >= 0.3 is 0 Å². The first kappa shape index (κ1) is 14.4. The van der Waals surface area contributed by atoms with E-state index in [1.807, 2.05) is 18.2 Å². The standard InChI is InChI=1S/C17H27NO/c1-2-6-14-7-5-9-16(12-11-14)18-13-15-8-3-4-10-17(15)19/h3-4,8,10,14,16,18-19H,2,5-7,9,11-13H2,1H3. The van der Waals surface area contributed by atoms with Crippen molar-refractivity contribution in [2.75, 3.05) is 0 Å². The van der Waals surface area contributed by atoms with Crippen LogP contribution in [-0.4, -0.2) is 11.1 Å². The number of para-hydroxylation sites is 1. The molecule has 1 fully saturated rings. The van der Waals surface area contributed by atoms with E-state index >= 15 is 0 Å². The first-order valence-corrected chi connectivity index (χ1v) is 7.80. The van der Waals surface area contributed by atoms with Crippen LogP contribution in [0.5, 0.6) is 5.75 Å². The maximum atomic E-state index is 9.77. The van der Waals surface area contributed by atoms with Crippen molar-refractivity contribution in [2.24, 2.45) is 5.92 Å². The minimum Gasteiger partial charge on any atom is -0.508 e. The quantitative estimate of drug-likeness (QED) is 0.777. The Labute approximate surface area is 117 Å². The van der Waals surface area contributed by atoms with Crippen LogP contribution in [0, 0.1) is 5.92 Å². The van der Waals surface area contributed by atoms with E-state index in [9.17, 15) is 5.11 Å². The molecule has 2 nitrogen and oxygen atoms in total. The highest BCUT2D eigenvalue weighted by atomic mass is 16.3. The molecule has 0 aromatic heterocycles. The van der Waals surface area contributed by atoms with Crippen molar-refractivity contribution >= 4 is 0 Å². The molecule has 1 aromatic rings. The SMILES string of the molecule is CCCC1CCCC(NCc2ccccc2O)CC1. The molecule has 0 saturated heterocycles. The van der Waals surface area contributed by atoms with Crippen LogP contribution in [0.25, 0.3) is 0 Å². The van der Waals surface area contributed by atoms with Gasteiger partial charge < -0.3 is 10.4 Å². The summed E-state index contributed by atoms with van der Waals surface area (Å²) in [4.78, 5) is 0. The van der Waals surface area contributed by atoms with Crippen molar-refractivity contribution in [3.8, 4) is 5.75 Å². The van der Waals surface area contributed by atoms with Crippen LogP contribution < -0.4 is 5.32 Å². The lowest BCUT2D eigenvalue weighted by Crippen LogP contribution is -2.28. The second kappa shape index (κ2) is 7.54. The van der Waals surface area contributed by atoms with Crippen LogP contribution in [0.3, 0.4) is 0 Å². The predicted molar refractivity (Wildman–Crippen MR) is 80.2 cm³/mol. The third-order valence-corrected chi connectivity index (χ3v) is 4.36. The van der Waals surface area contributed by atoms with E-state index in [0.717, 1.165) is 18.0 Å². The summed E-state index contributed by atoms with van der Waals surface area (Å²) in [6.07, 6.45) is 9.41. The van der Waals surface area contributed by atoms with E-state index in [2.05, 4.69) is 12.2 Å². The maximum Gasteiger partial charge on any atom is 0.120 e. The van der Waals surface area contributed by atoms with E-state index in [1.165, 1.54) is 44.9 Å². The first-order valence-electron chi connectivity index (χ1n) is 7.80. The maximum absolute atomic E-state index is 9.77. The zero-order valence-electron chi connectivity index (χ0n) is 12.1. The van der Waals surface area contributed by atoms with Gasteiger partial charge in [-0.25, -0.2) is 0 Å². The molecule has 0 radical (unpaired) electrons. The fourth-order valence-corrected chi connectivity index (χ4v) is 3.19. The van der Waals surface area contributed by atoms with Crippen LogP contribution in [0.15, 0.2) is 24.3 Å². The van der Waals surface area contributed by atoms with Crippen molar-refractivity contribution in [1.82, 2.24) is 5.32 Å². The van der Waals surface area contributed by atoms with E-state index in [-0.39, 0.29) is 0 Å². The van der Waals surface area contributed by atoms with Gasteiger partial charge in [-0.1, -0.05) is 50.8 Å². The lowest BCUT2D eigenvalue weighted by molar-refractivity contribution is 0.407. The number of benzene rings is 1. The molecule has 0 heterocycles. The number of phenols is 1. The molecule has 19 heavy (non-hydrogen) atoms. The molecule has 1 saturated carbocycles. The lowest BCUT2D eigenvalue weighted by Gasteiger charge is -2.17. The third-order valence-electron chi connectivity index (χ3n) is 4.36. The second-order valence-corrected chi connectivity index (χ2v) is 5.87. The van der Waals surface area contributed by atoms with Gasteiger partial charge in [0.05, 0.1) is 0 Å². The number of aromatic hydroxyl groups is 1. The molecule has 1 aromatic carbocycles.